The van der Waals surface area contributed by atoms with Crippen molar-refractivity contribution in [1.29, 1.82) is 0 Å². The molecule has 0 aromatic carbocycles. The Balaban J connectivity index is 3.19. The molecular weight excluding hydrogens is 116 g/mol. The number of terminal acetylenes is 1. The van der Waals surface area contributed by atoms with Crippen molar-refractivity contribution >= 4 is 5.97 Å². The van der Waals surface area contributed by atoms with Crippen molar-refractivity contribution in [3.05, 3.63) is 6.42 Å². The number of esters is 1. The van der Waals surface area contributed by atoms with Crippen LogP contribution in [0.5, 0.6) is 0 Å². The maximum atomic E-state index is 10.5. The third-order valence-electron chi connectivity index (χ3n) is 0.687. The lowest BCUT2D eigenvalue weighted by Crippen LogP contribution is -2.03. The molecule has 0 heterocycles. The number of rotatable bonds is 3. The molecule has 49 valence electrons. The lowest BCUT2D eigenvalue weighted by atomic mass is 10.3. The Morgan fingerprint density at radius 2 is 2.56 bits per heavy atom. The zero-order valence-corrected chi connectivity index (χ0v) is 5.39. The van der Waals surface area contributed by atoms with E-state index in [1.807, 2.05) is 0 Å². The summed E-state index contributed by atoms with van der Waals surface area (Å²) < 4.78 is 4.53. The van der Waals surface area contributed by atoms with Crippen LogP contribution >= 0.6 is 0 Å². The van der Waals surface area contributed by atoms with Crippen molar-refractivity contribution in [2.75, 3.05) is 6.61 Å². The predicted molar refractivity (Wildman–Crippen MR) is 34.4 cm³/mol. The van der Waals surface area contributed by atoms with Gasteiger partial charge in [0.2, 0.25) is 0 Å². The third kappa shape index (κ3) is 4.89. The molecular formula is C7H9O2. The average molecular weight is 125 g/mol. The zero-order chi connectivity index (χ0) is 7.11. The van der Waals surface area contributed by atoms with Crippen LogP contribution in [0.1, 0.15) is 13.3 Å². The number of hydrogen-bond acceptors (Lipinski definition) is 2. The Morgan fingerprint density at radius 3 is 3.00 bits per heavy atom. The van der Waals surface area contributed by atoms with Crippen LogP contribution < -0.4 is 0 Å². The van der Waals surface area contributed by atoms with E-state index in [0.717, 1.165) is 0 Å². The average Bonchev–Trinajstić information content (AvgIpc) is 1.85. The number of ether oxygens (including phenoxy) is 1. The maximum absolute atomic E-state index is 10.5. The Kier molecular flexibility index (Phi) is 4.61. The topological polar surface area (TPSA) is 26.3 Å². The highest BCUT2D eigenvalue weighted by molar-refractivity contribution is 5.70. The Labute approximate surface area is 55.2 Å². The first kappa shape index (κ1) is 8.03. The van der Waals surface area contributed by atoms with Crippen molar-refractivity contribution in [1.82, 2.24) is 0 Å². The summed E-state index contributed by atoms with van der Waals surface area (Å²) in [4.78, 5) is 10.5. The fourth-order valence-electron chi connectivity index (χ4n) is 0.348. The van der Waals surface area contributed by atoms with Crippen LogP contribution in [-0.2, 0) is 9.53 Å². The van der Waals surface area contributed by atoms with Crippen molar-refractivity contribution in [3.8, 4) is 12.3 Å². The Hall–Kier alpha value is -0.970. The lowest BCUT2D eigenvalue weighted by molar-refractivity contribution is -0.141. The van der Waals surface area contributed by atoms with Gasteiger partial charge in [-0.2, -0.15) is 0 Å². The highest BCUT2D eigenvalue weighted by Crippen LogP contribution is 1.87. The molecule has 0 spiro atoms. The van der Waals surface area contributed by atoms with Gasteiger partial charge in [0.15, 0.2) is 6.61 Å². The van der Waals surface area contributed by atoms with Crippen molar-refractivity contribution < 1.29 is 9.53 Å². The second-order valence-corrected chi connectivity index (χ2v) is 1.48. The van der Waals surface area contributed by atoms with E-state index < -0.39 is 0 Å². The van der Waals surface area contributed by atoms with Gasteiger partial charge >= 0.3 is 5.97 Å². The van der Waals surface area contributed by atoms with Crippen molar-refractivity contribution in [2.45, 2.75) is 13.3 Å². The minimum absolute atomic E-state index is 0.0761. The van der Waals surface area contributed by atoms with Gasteiger partial charge in [0.1, 0.15) is 0 Å². The minimum atomic E-state index is -0.268. The normalized spacial score (nSPS) is 8.00. The molecule has 0 aliphatic rings. The van der Waals surface area contributed by atoms with Crippen LogP contribution in [0.25, 0.3) is 0 Å². The lowest BCUT2D eigenvalue weighted by Gasteiger charge is -1.95. The van der Waals surface area contributed by atoms with Crippen LogP contribution in [0.15, 0.2) is 0 Å². The van der Waals surface area contributed by atoms with E-state index in [1.165, 1.54) is 0 Å². The van der Waals surface area contributed by atoms with Gasteiger partial charge in [0.25, 0.3) is 0 Å². The highest BCUT2D eigenvalue weighted by Gasteiger charge is 1.96. The summed E-state index contributed by atoms with van der Waals surface area (Å²) in [6.07, 6.45) is 6.89. The Bertz CT molecular complexity index is 121. The SMILES string of the molecule is C#CCOC(=O)C[CH]C. The molecule has 0 N–H and O–H groups in total. The van der Waals surface area contributed by atoms with Gasteiger partial charge in [0.05, 0.1) is 0 Å². The summed E-state index contributed by atoms with van der Waals surface area (Å²) in [5.41, 5.74) is 0. The van der Waals surface area contributed by atoms with Gasteiger partial charge in [-0.1, -0.05) is 12.8 Å². The van der Waals surface area contributed by atoms with E-state index in [9.17, 15) is 4.79 Å². The van der Waals surface area contributed by atoms with Gasteiger partial charge < -0.3 is 4.74 Å². The van der Waals surface area contributed by atoms with E-state index in [1.54, 1.807) is 13.3 Å². The molecule has 0 saturated carbocycles. The molecule has 2 heteroatoms. The minimum Gasteiger partial charge on any atom is -0.452 e. The molecule has 9 heavy (non-hydrogen) atoms. The summed E-state index contributed by atoms with van der Waals surface area (Å²) in [6.45, 7) is 1.86. The van der Waals surface area contributed by atoms with Gasteiger partial charge in [-0.25, -0.2) is 0 Å². The molecule has 0 amide bonds. The van der Waals surface area contributed by atoms with Crippen molar-refractivity contribution in [3.63, 3.8) is 0 Å². The summed E-state index contributed by atoms with van der Waals surface area (Å²) in [6, 6.07) is 0. The zero-order valence-electron chi connectivity index (χ0n) is 5.39. The molecule has 0 aliphatic carbocycles. The second kappa shape index (κ2) is 5.17. The summed E-state index contributed by atoms with van der Waals surface area (Å²) >= 11 is 0. The van der Waals surface area contributed by atoms with Crippen LogP contribution in [0, 0.1) is 18.8 Å². The van der Waals surface area contributed by atoms with Gasteiger partial charge in [-0.05, 0) is 6.42 Å². The first-order valence-electron chi connectivity index (χ1n) is 2.68. The molecule has 0 saturated heterocycles. The van der Waals surface area contributed by atoms with Crippen LogP contribution in [-0.4, -0.2) is 12.6 Å². The monoisotopic (exact) mass is 125 g/mol. The Morgan fingerprint density at radius 1 is 1.89 bits per heavy atom. The third-order valence-corrected chi connectivity index (χ3v) is 0.687. The van der Waals surface area contributed by atoms with E-state index in [2.05, 4.69) is 10.7 Å². The molecule has 0 aliphatic heterocycles. The summed E-state index contributed by atoms with van der Waals surface area (Å²) in [5, 5.41) is 0. The summed E-state index contributed by atoms with van der Waals surface area (Å²) in [7, 11) is 0. The second-order valence-electron chi connectivity index (χ2n) is 1.48. The van der Waals surface area contributed by atoms with Crippen molar-refractivity contribution in [2.24, 2.45) is 0 Å². The van der Waals surface area contributed by atoms with E-state index in [-0.39, 0.29) is 12.6 Å². The number of carbonyl (C=O) groups is 1. The number of carbonyl (C=O) groups excluding carboxylic acids is 1. The van der Waals surface area contributed by atoms with Gasteiger partial charge in [-0.15, -0.1) is 6.42 Å². The maximum Gasteiger partial charge on any atom is 0.307 e. The first-order valence-corrected chi connectivity index (χ1v) is 2.68. The molecule has 0 aromatic rings. The molecule has 0 unspecified atom stereocenters. The molecule has 0 rings (SSSR count). The highest BCUT2D eigenvalue weighted by atomic mass is 16.5. The molecule has 0 aromatic heterocycles. The molecule has 2 nitrogen and oxygen atoms in total. The molecule has 1 radical (unpaired) electrons. The van der Waals surface area contributed by atoms with E-state index in [4.69, 9.17) is 6.42 Å². The summed E-state index contributed by atoms with van der Waals surface area (Å²) in [5.74, 6) is 1.93. The van der Waals surface area contributed by atoms with E-state index >= 15 is 0 Å². The fourth-order valence-corrected chi connectivity index (χ4v) is 0.348. The predicted octanol–water partition coefficient (Wildman–Crippen LogP) is 0.777. The fraction of sp³-hybridized carbons (Fsp3) is 0.429. The molecule has 0 atom stereocenters. The molecule has 0 fully saturated rings. The standard InChI is InChI=1S/C7H9O2/c1-3-5-7(8)9-6-4-2/h2-3H,5-6H2,1H3. The quantitative estimate of drug-likeness (QED) is 0.411. The van der Waals surface area contributed by atoms with Crippen LogP contribution in [0.4, 0.5) is 0 Å². The van der Waals surface area contributed by atoms with Crippen LogP contribution in [0.3, 0.4) is 0 Å². The molecule has 0 bridgehead atoms. The smallest absolute Gasteiger partial charge is 0.307 e. The van der Waals surface area contributed by atoms with Crippen LogP contribution in [0.2, 0.25) is 0 Å². The van der Waals surface area contributed by atoms with Gasteiger partial charge in [0, 0.05) is 6.42 Å². The van der Waals surface area contributed by atoms with Gasteiger partial charge in [-0.3, -0.25) is 4.79 Å². The van der Waals surface area contributed by atoms with E-state index in [0.29, 0.717) is 6.42 Å². The largest absolute Gasteiger partial charge is 0.452 e. The first-order chi connectivity index (χ1) is 4.31. The number of hydrogen-bond donors (Lipinski definition) is 0.